The smallest absolute Gasteiger partial charge is 0.341 e. The van der Waals surface area contributed by atoms with Gasteiger partial charge < -0.3 is 15.4 Å². The van der Waals surface area contributed by atoms with Gasteiger partial charge in [-0.25, -0.2) is 4.79 Å². The number of ether oxygens (including phenoxy) is 1. The number of hydrogen-bond acceptors (Lipinski definition) is 5. The molecule has 1 aromatic heterocycles. The molecule has 0 saturated heterocycles. The van der Waals surface area contributed by atoms with E-state index >= 15 is 0 Å². The van der Waals surface area contributed by atoms with Gasteiger partial charge in [-0.1, -0.05) is 30.3 Å². The van der Waals surface area contributed by atoms with Crippen LogP contribution in [0.25, 0.3) is 0 Å². The molecule has 0 bridgehead atoms. The van der Waals surface area contributed by atoms with E-state index in [1.54, 1.807) is 6.92 Å². The van der Waals surface area contributed by atoms with E-state index in [0.29, 0.717) is 10.6 Å². The van der Waals surface area contributed by atoms with E-state index in [1.807, 2.05) is 44.2 Å². The van der Waals surface area contributed by atoms with Crippen LogP contribution in [-0.4, -0.2) is 24.4 Å². The van der Waals surface area contributed by atoms with Crippen molar-refractivity contribution in [2.75, 3.05) is 11.9 Å². The summed E-state index contributed by atoms with van der Waals surface area (Å²) >= 11 is 1.34. The minimum atomic E-state index is -0.448. The number of carbonyl (C=O) groups excluding carboxylic acids is 3. The third-order valence-corrected chi connectivity index (χ3v) is 5.21. The first-order valence-electron chi connectivity index (χ1n) is 8.72. The predicted molar refractivity (Wildman–Crippen MR) is 106 cm³/mol. The van der Waals surface area contributed by atoms with Crippen LogP contribution in [-0.2, 0) is 14.3 Å². The van der Waals surface area contributed by atoms with Gasteiger partial charge >= 0.3 is 5.97 Å². The highest BCUT2D eigenvalue weighted by atomic mass is 32.1. The van der Waals surface area contributed by atoms with Crippen molar-refractivity contribution >= 4 is 34.1 Å². The Morgan fingerprint density at radius 2 is 1.81 bits per heavy atom. The molecule has 0 aliphatic rings. The summed E-state index contributed by atoms with van der Waals surface area (Å²) in [7, 11) is 0. The minimum Gasteiger partial charge on any atom is -0.462 e. The second-order valence-electron chi connectivity index (χ2n) is 6.12. The summed E-state index contributed by atoms with van der Waals surface area (Å²) in [5.74, 6) is -0.952. The Morgan fingerprint density at radius 3 is 2.41 bits per heavy atom. The average molecular weight is 388 g/mol. The Morgan fingerprint density at radius 1 is 1.15 bits per heavy atom. The summed E-state index contributed by atoms with van der Waals surface area (Å²) in [4.78, 5) is 37.3. The molecule has 7 heteroatoms. The average Bonchev–Trinajstić information content (AvgIpc) is 2.88. The maximum absolute atomic E-state index is 12.6. The number of rotatable bonds is 7. The molecule has 0 radical (unpaired) electrons. The van der Waals surface area contributed by atoms with E-state index in [9.17, 15) is 14.4 Å². The first-order valence-corrected chi connectivity index (χ1v) is 9.54. The maximum atomic E-state index is 12.6. The highest BCUT2D eigenvalue weighted by molar-refractivity contribution is 7.16. The number of thiophene rings is 1. The van der Waals surface area contributed by atoms with Gasteiger partial charge in [-0.05, 0) is 31.9 Å². The highest BCUT2D eigenvalue weighted by Crippen LogP contribution is 2.33. The van der Waals surface area contributed by atoms with Crippen molar-refractivity contribution in [2.24, 2.45) is 0 Å². The van der Waals surface area contributed by atoms with E-state index in [-0.39, 0.29) is 24.8 Å². The van der Waals surface area contributed by atoms with Gasteiger partial charge in [0, 0.05) is 11.8 Å². The zero-order valence-electron chi connectivity index (χ0n) is 15.9. The highest BCUT2D eigenvalue weighted by Gasteiger charge is 2.23. The summed E-state index contributed by atoms with van der Waals surface area (Å²) in [6.07, 6.45) is 0.0574. The van der Waals surface area contributed by atoms with Crippen molar-refractivity contribution in [3.63, 3.8) is 0 Å². The second-order valence-corrected chi connectivity index (χ2v) is 7.35. The Balaban J connectivity index is 2.20. The topological polar surface area (TPSA) is 84.5 Å². The molecule has 2 aromatic rings. The van der Waals surface area contributed by atoms with Gasteiger partial charge in [0.1, 0.15) is 5.00 Å². The third-order valence-electron chi connectivity index (χ3n) is 4.09. The summed E-state index contributed by atoms with van der Waals surface area (Å²) in [6.45, 7) is 7.14. The van der Waals surface area contributed by atoms with Crippen LogP contribution in [0.2, 0.25) is 0 Å². The van der Waals surface area contributed by atoms with Crippen molar-refractivity contribution in [1.29, 1.82) is 0 Å². The maximum Gasteiger partial charge on any atom is 0.341 e. The number of aryl methyl sites for hydroxylation is 1. The van der Waals surface area contributed by atoms with Gasteiger partial charge in [0.2, 0.25) is 11.8 Å². The van der Waals surface area contributed by atoms with Crippen molar-refractivity contribution in [3.8, 4) is 0 Å². The normalized spacial score (nSPS) is 11.6. The second kappa shape index (κ2) is 9.32. The number of hydrogen-bond donors (Lipinski definition) is 2. The van der Waals surface area contributed by atoms with Crippen molar-refractivity contribution in [2.45, 2.75) is 40.2 Å². The Kier molecular flexibility index (Phi) is 7.12. The van der Waals surface area contributed by atoms with Crippen LogP contribution in [0, 0.1) is 13.8 Å². The summed E-state index contributed by atoms with van der Waals surface area (Å²) in [5.41, 5.74) is 2.03. The number of amides is 2. The van der Waals surface area contributed by atoms with Gasteiger partial charge in [-0.15, -0.1) is 11.3 Å². The molecular formula is C20H24N2O4S. The van der Waals surface area contributed by atoms with Crippen molar-refractivity contribution in [3.05, 3.63) is 51.9 Å². The number of anilines is 1. The van der Waals surface area contributed by atoms with E-state index in [2.05, 4.69) is 10.6 Å². The van der Waals surface area contributed by atoms with E-state index in [1.165, 1.54) is 18.3 Å². The van der Waals surface area contributed by atoms with Gasteiger partial charge in [0.25, 0.3) is 0 Å². The monoisotopic (exact) mass is 388 g/mol. The molecule has 0 spiro atoms. The number of nitrogens with one attached hydrogen (secondary N) is 2. The SMILES string of the molecule is CCOC(=O)c1c(NC(=O)CC(NC(C)=O)c2ccccc2)sc(C)c1C. The molecule has 1 aromatic carbocycles. The molecule has 1 heterocycles. The van der Waals surface area contributed by atoms with E-state index in [4.69, 9.17) is 4.74 Å². The fraction of sp³-hybridized carbons (Fsp3) is 0.350. The molecule has 0 saturated carbocycles. The molecule has 0 aliphatic carbocycles. The van der Waals surface area contributed by atoms with Crippen LogP contribution in [0.4, 0.5) is 5.00 Å². The van der Waals surface area contributed by atoms with Crippen molar-refractivity contribution in [1.82, 2.24) is 5.32 Å². The van der Waals surface area contributed by atoms with Gasteiger partial charge in [0.05, 0.1) is 24.6 Å². The summed E-state index contributed by atoms with van der Waals surface area (Å²) < 4.78 is 5.11. The minimum absolute atomic E-state index is 0.0574. The standard InChI is InChI=1S/C20H24N2O4S/c1-5-26-20(25)18-12(2)13(3)27-19(18)22-17(24)11-16(21-14(4)23)15-9-7-6-8-10-15/h6-10,16H,5,11H2,1-4H3,(H,21,23)(H,22,24). The van der Waals surface area contributed by atoms with Crippen LogP contribution >= 0.6 is 11.3 Å². The lowest BCUT2D eigenvalue weighted by molar-refractivity contribution is -0.120. The molecule has 1 atom stereocenters. The molecule has 0 aliphatic heterocycles. The molecule has 1 unspecified atom stereocenters. The molecule has 144 valence electrons. The molecular weight excluding hydrogens is 364 g/mol. The molecule has 0 fully saturated rings. The first-order chi connectivity index (χ1) is 12.8. The molecule has 2 rings (SSSR count). The number of benzene rings is 1. The predicted octanol–water partition coefficient (Wildman–Crippen LogP) is 3.75. The van der Waals surface area contributed by atoms with Gasteiger partial charge in [-0.2, -0.15) is 0 Å². The van der Waals surface area contributed by atoms with Crippen LogP contribution in [0.1, 0.15) is 52.7 Å². The summed E-state index contributed by atoms with van der Waals surface area (Å²) in [6, 6.07) is 8.85. The lowest BCUT2D eigenvalue weighted by Gasteiger charge is -2.18. The summed E-state index contributed by atoms with van der Waals surface area (Å²) in [5, 5.41) is 6.09. The van der Waals surface area contributed by atoms with Crippen LogP contribution in [0.5, 0.6) is 0 Å². The quantitative estimate of drug-likeness (QED) is 0.708. The number of carbonyl (C=O) groups is 3. The molecule has 2 amide bonds. The fourth-order valence-corrected chi connectivity index (χ4v) is 3.77. The third kappa shape index (κ3) is 5.40. The number of esters is 1. The lowest BCUT2D eigenvalue weighted by atomic mass is 10.0. The lowest BCUT2D eigenvalue weighted by Crippen LogP contribution is -2.29. The van der Waals surface area contributed by atoms with Gasteiger partial charge in [-0.3, -0.25) is 9.59 Å². The first kappa shape index (κ1) is 20.6. The molecule has 2 N–H and O–H groups in total. The zero-order valence-corrected chi connectivity index (χ0v) is 16.7. The molecule has 27 heavy (non-hydrogen) atoms. The van der Waals surface area contributed by atoms with E-state index in [0.717, 1.165) is 16.0 Å². The fourth-order valence-electron chi connectivity index (χ4n) is 2.71. The van der Waals surface area contributed by atoms with Gasteiger partial charge in [0.15, 0.2) is 0 Å². The Bertz CT molecular complexity index is 830. The van der Waals surface area contributed by atoms with Crippen LogP contribution in [0.3, 0.4) is 0 Å². The Labute approximate surface area is 162 Å². The molecule has 6 nitrogen and oxygen atoms in total. The van der Waals surface area contributed by atoms with E-state index < -0.39 is 12.0 Å². The van der Waals surface area contributed by atoms with Crippen LogP contribution in [0.15, 0.2) is 30.3 Å². The Hall–Kier alpha value is -2.67. The van der Waals surface area contributed by atoms with Crippen LogP contribution < -0.4 is 10.6 Å². The largest absolute Gasteiger partial charge is 0.462 e. The van der Waals surface area contributed by atoms with Crippen molar-refractivity contribution < 1.29 is 19.1 Å². The zero-order chi connectivity index (χ0) is 20.0.